The zero-order chi connectivity index (χ0) is 20.4. The number of rotatable bonds is 7. The van der Waals surface area contributed by atoms with Crippen molar-refractivity contribution in [2.24, 2.45) is 0 Å². The SMILES string of the molecule is CCc1ccc([C@@H](c2sc3nc(CC)nn3c2O)N2CCN(CCO)CC2)cc1. The van der Waals surface area contributed by atoms with E-state index < -0.39 is 0 Å². The van der Waals surface area contributed by atoms with E-state index in [9.17, 15) is 10.2 Å². The minimum absolute atomic E-state index is 0.0317. The molecule has 1 atom stereocenters. The molecule has 3 aromatic rings. The molecule has 4 rings (SSSR count). The molecule has 1 aliphatic heterocycles. The first-order chi connectivity index (χ1) is 14.1. The van der Waals surface area contributed by atoms with Crippen LogP contribution in [0.5, 0.6) is 5.88 Å². The second kappa shape index (κ2) is 8.79. The Morgan fingerprint density at radius 1 is 1.07 bits per heavy atom. The Hall–Kier alpha value is -2.00. The van der Waals surface area contributed by atoms with E-state index in [4.69, 9.17) is 0 Å². The summed E-state index contributed by atoms with van der Waals surface area (Å²) < 4.78 is 1.58. The third kappa shape index (κ3) is 4.02. The van der Waals surface area contributed by atoms with Gasteiger partial charge in [0.15, 0.2) is 5.82 Å². The number of hydrogen-bond donors (Lipinski definition) is 2. The Kier molecular flexibility index (Phi) is 6.15. The zero-order valence-corrected chi connectivity index (χ0v) is 17.9. The highest BCUT2D eigenvalue weighted by Crippen LogP contribution is 2.40. The van der Waals surface area contributed by atoms with E-state index in [1.807, 2.05) is 6.92 Å². The number of benzene rings is 1. The van der Waals surface area contributed by atoms with Gasteiger partial charge in [-0.1, -0.05) is 49.4 Å². The summed E-state index contributed by atoms with van der Waals surface area (Å²) >= 11 is 1.52. The molecule has 156 valence electrons. The molecule has 0 unspecified atom stereocenters. The van der Waals surface area contributed by atoms with Crippen molar-refractivity contribution in [3.05, 3.63) is 46.1 Å². The van der Waals surface area contributed by atoms with Gasteiger partial charge in [0.05, 0.1) is 17.5 Å². The lowest BCUT2D eigenvalue weighted by Gasteiger charge is -2.39. The minimum atomic E-state index is -0.0317. The Morgan fingerprint density at radius 2 is 1.79 bits per heavy atom. The summed E-state index contributed by atoms with van der Waals surface area (Å²) in [5, 5.41) is 24.7. The largest absolute Gasteiger partial charge is 0.492 e. The van der Waals surface area contributed by atoms with Gasteiger partial charge in [0.25, 0.3) is 0 Å². The molecule has 2 aromatic heterocycles. The number of piperazine rings is 1. The lowest BCUT2D eigenvalue weighted by Crippen LogP contribution is -2.48. The number of thiazole rings is 1. The molecule has 0 bridgehead atoms. The molecule has 0 aliphatic carbocycles. The molecule has 2 N–H and O–H groups in total. The van der Waals surface area contributed by atoms with Crippen LogP contribution in [0.4, 0.5) is 0 Å². The van der Waals surface area contributed by atoms with Crippen LogP contribution >= 0.6 is 11.3 Å². The number of aromatic hydroxyl groups is 1. The molecule has 1 aromatic carbocycles. The van der Waals surface area contributed by atoms with E-state index in [2.05, 4.69) is 51.1 Å². The molecule has 0 amide bonds. The van der Waals surface area contributed by atoms with Gasteiger partial charge >= 0.3 is 0 Å². The zero-order valence-electron chi connectivity index (χ0n) is 17.1. The summed E-state index contributed by atoms with van der Waals surface area (Å²) in [6.07, 6.45) is 1.75. The lowest BCUT2D eigenvalue weighted by atomic mass is 10.0. The first-order valence-electron chi connectivity index (χ1n) is 10.4. The smallest absolute Gasteiger partial charge is 0.230 e. The quantitative estimate of drug-likeness (QED) is 0.617. The predicted octanol–water partition coefficient (Wildman–Crippen LogP) is 2.32. The van der Waals surface area contributed by atoms with Crippen LogP contribution in [0.15, 0.2) is 24.3 Å². The van der Waals surface area contributed by atoms with Crippen molar-refractivity contribution in [1.29, 1.82) is 0 Å². The highest BCUT2D eigenvalue weighted by Gasteiger charge is 2.31. The Morgan fingerprint density at radius 3 is 2.38 bits per heavy atom. The molecule has 29 heavy (non-hydrogen) atoms. The summed E-state index contributed by atoms with van der Waals surface area (Å²) in [6, 6.07) is 8.67. The standard InChI is InChI=1S/C21H29N5O2S/c1-3-15-5-7-16(8-6-15)18(25-11-9-24(10-12-25)13-14-27)19-20(28)26-21(29-19)22-17(4-2)23-26/h5-8,18,27-28H,3-4,9-14H2,1-2H3/t18-/m0/s1. The van der Waals surface area contributed by atoms with Crippen LogP contribution in [-0.4, -0.2) is 73.9 Å². The van der Waals surface area contributed by atoms with Crippen molar-refractivity contribution in [3.63, 3.8) is 0 Å². The summed E-state index contributed by atoms with van der Waals surface area (Å²) in [7, 11) is 0. The molecular formula is C21H29N5O2S. The second-order valence-electron chi connectivity index (χ2n) is 7.46. The van der Waals surface area contributed by atoms with Crippen molar-refractivity contribution < 1.29 is 10.2 Å². The van der Waals surface area contributed by atoms with Gasteiger partial charge in [-0.05, 0) is 17.5 Å². The molecule has 3 heterocycles. The average molecular weight is 416 g/mol. The normalized spacial score (nSPS) is 17.2. The van der Waals surface area contributed by atoms with Crippen molar-refractivity contribution >= 4 is 16.3 Å². The van der Waals surface area contributed by atoms with E-state index in [0.717, 1.165) is 54.7 Å². The van der Waals surface area contributed by atoms with Crippen molar-refractivity contribution in [3.8, 4) is 5.88 Å². The van der Waals surface area contributed by atoms with Crippen LogP contribution in [0, 0.1) is 0 Å². The van der Waals surface area contributed by atoms with E-state index in [1.165, 1.54) is 22.5 Å². The number of aliphatic hydroxyl groups excluding tert-OH is 1. The molecule has 1 saturated heterocycles. The van der Waals surface area contributed by atoms with Crippen LogP contribution in [0.2, 0.25) is 0 Å². The van der Waals surface area contributed by atoms with E-state index in [1.54, 1.807) is 4.52 Å². The predicted molar refractivity (Wildman–Crippen MR) is 115 cm³/mol. The maximum absolute atomic E-state index is 11.0. The third-order valence-corrected chi connectivity index (χ3v) is 6.77. The van der Waals surface area contributed by atoms with E-state index >= 15 is 0 Å². The molecule has 1 aliphatic rings. The van der Waals surface area contributed by atoms with Gasteiger partial charge in [-0.2, -0.15) is 4.52 Å². The summed E-state index contributed by atoms with van der Waals surface area (Å²) in [4.78, 5) is 10.9. The first kappa shape index (κ1) is 20.3. The van der Waals surface area contributed by atoms with Gasteiger partial charge in [-0.3, -0.25) is 9.80 Å². The van der Waals surface area contributed by atoms with E-state index in [0.29, 0.717) is 6.54 Å². The van der Waals surface area contributed by atoms with E-state index in [-0.39, 0.29) is 18.5 Å². The Balaban J connectivity index is 1.70. The van der Waals surface area contributed by atoms with Gasteiger partial charge in [-0.25, -0.2) is 4.98 Å². The number of hydrogen-bond acceptors (Lipinski definition) is 7. The highest BCUT2D eigenvalue weighted by molar-refractivity contribution is 7.17. The molecule has 0 radical (unpaired) electrons. The molecule has 0 spiro atoms. The molecular weight excluding hydrogens is 386 g/mol. The Labute approximate surface area is 175 Å². The maximum Gasteiger partial charge on any atom is 0.230 e. The fourth-order valence-corrected chi connectivity index (χ4v) is 5.10. The molecule has 0 saturated carbocycles. The fraction of sp³-hybridized carbons (Fsp3) is 0.524. The number of nitrogens with zero attached hydrogens (tertiary/aromatic N) is 5. The Bertz CT molecular complexity index is 944. The fourth-order valence-electron chi connectivity index (χ4n) is 3.97. The minimum Gasteiger partial charge on any atom is -0.492 e. The third-order valence-electron chi connectivity index (χ3n) is 5.70. The van der Waals surface area contributed by atoms with Gasteiger partial charge < -0.3 is 10.2 Å². The first-order valence-corrected chi connectivity index (χ1v) is 11.2. The monoisotopic (exact) mass is 415 g/mol. The number of β-amino-alcohol motifs (C(OH)–C–C–N with tert-alkyl or cyclic N) is 1. The van der Waals surface area contributed by atoms with Crippen LogP contribution in [0.1, 0.15) is 41.7 Å². The molecule has 8 heteroatoms. The van der Waals surface area contributed by atoms with Crippen molar-refractivity contribution in [2.75, 3.05) is 39.3 Å². The van der Waals surface area contributed by atoms with Gasteiger partial charge in [0.1, 0.15) is 0 Å². The van der Waals surface area contributed by atoms with Gasteiger partial charge in [0.2, 0.25) is 10.8 Å². The summed E-state index contributed by atoms with van der Waals surface area (Å²) in [6.45, 7) is 8.66. The van der Waals surface area contributed by atoms with Crippen LogP contribution < -0.4 is 0 Å². The van der Waals surface area contributed by atoms with Crippen LogP contribution in [0.25, 0.3) is 4.96 Å². The van der Waals surface area contributed by atoms with Gasteiger partial charge in [0, 0.05) is 39.1 Å². The number of aryl methyl sites for hydroxylation is 2. The summed E-state index contributed by atoms with van der Waals surface area (Å²) in [5.74, 6) is 0.944. The van der Waals surface area contributed by atoms with Gasteiger partial charge in [-0.15, -0.1) is 5.10 Å². The lowest BCUT2D eigenvalue weighted by molar-refractivity contribution is 0.0945. The number of aliphatic hydroxyl groups is 1. The maximum atomic E-state index is 11.0. The molecule has 7 nitrogen and oxygen atoms in total. The second-order valence-corrected chi connectivity index (χ2v) is 8.47. The highest BCUT2D eigenvalue weighted by atomic mass is 32.1. The number of fused-ring (bicyclic) bond motifs is 1. The topological polar surface area (TPSA) is 77.1 Å². The summed E-state index contributed by atoms with van der Waals surface area (Å²) in [5.41, 5.74) is 2.48. The molecule has 1 fully saturated rings. The number of aromatic nitrogens is 3. The van der Waals surface area contributed by atoms with Crippen molar-refractivity contribution in [2.45, 2.75) is 32.7 Å². The average Bonchev–Trinajstić information content (AvgIpc) is 3.29. The van der Waals surface area contributed by atoms with Crippen LogP contribution in [0.3, 0.4) is 0 Å². The van der Waals surface area contributed by atoms with Crippen LogP contribution in [-0.2, 0) is 12.8 Å². The van der Waals surface area contributed by atoms with Crippen molar-refractivity contribution in [1.82, 2.24) is 24.4 Å².